The summed E-state index contributed by atoms with van der Waals surface area (Å²) >= 11 is 0. The Morgan fingerprint density at radius 2 is 1.75 bits per heavy atom. The smallest absolute Gasteiger partial charge is 0.176 e. The molecule has 0 aliphatic rings. The molecule has 0 aromatic carbocycles. The molecule has 0 unspecified atom stereocenters. The lowest BCUT2D eigenvalue weighted by molar-refractivity contribution is -0.292. The molecule has 0 heterocycles. The Morgan fingerprint density at radius 3 is 2.00 bits per heavy atom. The van der Waals surface area contributed by atoms with E-state index in [1.807, 2.05) is 0 Å². The van der Waals surface area contributed by atoms with Crippen molar-refractivity contribution in [3.8, 4) is 0 Å². The van der Waals surface area contributed by atoms with Crippen molar-refractivity contribution < 1.29 is 30.3 Å². The molecule has 0 rings (SSSR count). The Bertz CT molecular complexity index is 136. The number of aldehydes is 1. The third-order valence-electron chi connectivity index (χ3n) is 1.44. The molecule has 72 valence electrons. The van der Waals surface area contributed by atoms with Crippen LogP contribution in [0.25, 0.3) is 0 Å². The highest BCUT2D eigenvalue weighted by Crippen LogP contribution is 2.05. The second-order valence-electron chi connectivity index (χ2n) is 2.43. The number of carbonyl (C=O) groups excluding carboxylic acids is 1. The van der Waals surface area contributed by atoms with E-state index in [9.17, 15) is 4.79 Å². The second kappa shape index (κ2) is 5.18. The van der Waals surface area contributed by atoms with Crippen LogP contribution in [0.3, 0.4) is 0 Å². The van der Waals surface area contributed by atoms with Gasteiger partial charge in [0.15, 0.2) is 12.4 Å². The molecule has 0 saturated heterocycles. The Labute approximate surface area is 68.9 Å². The molecule has 12 heavy (non-hydrogen) atoms. The Morgan fingerprint density at radius 1 is 1.25 bits per heavy atom. The molecule has 0 aromatic rings. The first kappa shape index (κ1) is 11.5. The summed E-state index contributed by atoms with van der Waals surface area (Å²) in [5, 5.41) is 34.8. The number of carbonyl (C=O) groups is 1. The van der Waals surface area contributed by atoms with Gasteiger partial charge in [0.1, 0.15) is 12.2 Å². The van der Waals surface area contributed by atoms with Crippen molar-refractivity contribution in [2.75, 3.05) is 0 Å². The maximum absolute atomic E-state index is 10.1. The first-order valence-corrected chi connectivity index (χ1v) is 3.34. The van der Waals surface area contributed by atoms with Crippen LogP contribution in [0.4, 0.5) is 0 Å². The van der Waals surface area contributed by atoms with E-state index >= 15 is 0 Å². The van der Waals surface area contributed by atoms with Gasteiger partial charge in [-0.2, -0.15) is 0 Å². The van der Waals surface area contributed by atoms with E-state index in [1.165, 1.54) is 6.92 Å². The summed E-state index contributed by atoms with van der Waals surface area (Å²) in [6, 6.07) is 0. The quantitative estimate of drug-likeness (QED) is 0.225. The predicted molar refractivity (Wildman–Crippen MR) is 37.3 cm³/mol. The summed E-state index contributed by atoms with van der Waals surface area (Å²) in [6.45, 7) is 1.23. The van der Waals surface area contributed by atoms with E-state index in [2.05, 4.69) is 4.89 Å². The molecule has 0 aliphatic heterocycles. The van der Waals surface area contributed by atoms with Crippen LogP contribution >= 0.6 is 0 Å². The van der Waals surface area contributed by atoms with Gasteiger partial charge >= 0.3 is 0 Å². The SMILES string of the molecule is C[C@@H](O)[C@H](O)[C@H](O)[C@H](C=O)OO. The van der Waals surface area contributed by atoms with Crippen LogP contribution in [0, 0.1) is 0 Å². The summed E-state index contributed by atoms with van der Waals surface area (Å²) in [5.74, 6) is 0. The minimum atomic E-state index is -1.65. The second-order valence-corrected chi connectivity index (χ2v) is 2.43. The zero-order valence-corrected chi connectivity index (χ0v) is 6.49. The highest BCUT2D eigenvalue weighted by molar-refractivity contribution is 5.57. The predicted octanol–water partition coefficient (Wildman–Crippen LogP) is -1.85. The molecule has 0 spiro atoms. The molecular formula is C6H12O6. The minimum Gasteiger partial charge on any atom is -0.391 e. The molecule has 0 radical (unpaired) electrons. The van der Waals surface area contributed by atoms with E-state index in [0.717, 1.165) is 0 Å². The third-order valence-corrected chi connectivity index (χ3v) is 1.44. The van der Waals surface area contributed by atoms with E-state index < -0.39 is 24.4 Å². The third kappa shape index (κ3) is 2.84. The summed E-state index contributed by atoms with van der Waals surface area (Å²) in [6.07, 6.45) is -5.82. The summed E-state index contributed by atoms with van der Waals surface area (Å²) < 4.78 is 0. The highest BCUT2D eigenvalue weighted by Gasteiger charge is 2.30. The average molecular weight is 180 g/mol. The number of hydrogen-bond donors (Lipinski definition) is 4. The van der Waals surface area contributed by atoms with Crippen LogP contribution < -0.4 is 0 Å². The van der Waals surface area contributed by atoms with E-state index in [1.54, 1.807) is 0 Å². The Kier molecular flexibility index (Phi) is 4.95. The number of aliphatic hydroxyl groups is 3. The molecule has 0 fully saturated rings. The fourth-order valence-corrected chi connectivity index (χ4v) is 0.647. The van der Waals surface area contributed by atoms with Gasteiger partial charge in [-0.1, -0.05) is 0 Å². The van der Waals surface area contributed by atoms with Crippen molar-refractivity contribution in [1.29, 1.82) is 0 Å². The van der Waals surface area contributed by atoms with Gasteiger partial charge in [-0.3, -0.25) is 5.26 Å². The molecule has 0 aromatic heterocycles. The molecule has 4 N–H and O–H groups in total. The molecule has 0 amide bonds. The van der Waals surface area contributed by atoms with Crippen LogP contribution in [0.15, 0.2) is 0 Å². The van der Waals surface area contributed by atoms with Gasteiger partial charge in [-0.05, 0) is 6.92 Å². The van der Waals surface area contributed by atoms with Gasteiger partial charge in [0, 0.05) is 0 Å². The lowest BCUT2D eigenvalue weighted by atomic mass is 10.1. The summed E-state index contributed by atoms with van der Waals surface area (Å²) in [4.78, 5) is 13.6. The fourth-order valence-electron chi connectivity index (χ4n) is 0.647. The van der Waals surface area contributed by atoms with E-state index in [-0.39, 0.29) is 6.29 Å². The normalized spacial score (nSPS) is 21.1. The fraction of sp³-hybridized carbons (Fsp3) is 0.833. The minimum absolute atomic E-state index is 0.121. The summed E-state index contributed by atoms with van der Waals surface area (Å²) in [7, 11) is 0. The van der Waals surface area contributed by atoms with Crippen molar-refractivity contribution >= 4 is 6.29 Å². The van der Waals surface area contributed by atoms with Gasteiger partial charge in [0.05, 0.1) is 6.10 Å². The first-order valence-electron chi connectivity index (χ1n) is 3.34. The van der Waals surface area contributed by atoms with Crippen LogP contribution in [-0.2, 0) is 9.68 Å². The van der Waals surface area contributed by atoms with Gasteiger partial charge < -0.3 is 20.1 Å². The topological polar surface area (TPSA) is 107 Å². The van der Waals surface area contributed by atoms with Gasteiger partial charge in [0.2, 0.25) is 0 Å². The van der Waals surface area contributed by atoms with Gasteiger partial charge in [-0.25, -0.2) is 4.89 Å². The van der Waals surface area contributed by atoms with E-state index in [4.69, 9.17) is 20.6 Å². The maximum Gasteiger partial charge on any atom is 0.176 e. The molecule has 0 aliphatic carbocycles. The van der Waals surface area contributed by atoms with Crippen LogP contribution in [0.1, 0.15) is 6.92 Å². The lowest BCUT2D eigenvalue weighted by Crippen LogP contribution is -2.44. The Balaban J connectivity index is 4.14. The molecule has 6 heteroatoms. The van der Waals surface area contributed by atoms with E-state index in [0.29, 0.717) is 0 Å². The standard InChI is InChI=1S/C6H12O6/c1-3(8)5(9)6(10)4(2-7)12-11/h2-6,8-11H,1H3/t3-,4+,5+,6-/m1/s1. The van der Waals surface area contributed by atoms with Gasteiger partial charge in [0.25, 0.3) is 0 Å². The molecule has 0 bridgehead atoms. The van der Waals surface area contributed by atoms with Crippen molar-refractivity contribution in [2.24, 2.45) is 0 Å². The van der Waals surface area contributed by atoms with Crippen molar-refractivity contribution in [2.45, 2.75) is 31.3 Å². The molecule has 4 atom stereocenters. The maximum atomic E-state index is 10.1. The first-order chi connectivity index (χ1) is 5.54. The monoisotopic (exact) mass is 180 g/mol. The Hall–Kier alpha value is -0.530. The number of aliphatic hydroxyl groups excluding tert-OH is 3. The van der Waals surface area contributed by atoms with Crippen molar-refractivity contribution in [3.63, 3.8) is 0 Å². The molecule has 6 nitrogen and oxygen atoms in total. The largest absolute Gasteiger partial charge is 0.391 e. The van der Waals surface area contributed by atoms with Crippen molar-refractivity contribution in [3.05, 3.63) is 0 Å². The zero-order valence-electron chi connectivity index (χ0n) is 6.49. The van der Waals surface area contributed by atoms with Crippen LogP contribution in [-0.4, -0.2) is 51.3 Å². The summed E-state index contributed by atoms with van der Waals surface area (Å²) in [5.41, 5.74) is 0. The highest BCUT2D eigenvalue weighted by atomic mass is 17.1. The van der Waals surface area contributed by atoms with Crippen LogP contribution in [0.5, 0.6) is 0 Å². The lowest BCUT2D eigenvalue weighted by Gasteiger charge is -2.22. The van der Waals surface area contributed by atoms with Crippen LogP contribution in [0.2, 0.25) is 0 Å². The average Bonchev–Trinajstić information content (AvgIpc) is 2.05. The zero-order chi connectivity index (χ0) is 9.72. The van der Waals surface area contributed by atoms with Gasteiger partial charge in [-0.15, -0.1) is 0 Å². The number of hydrogen-bond acceptors (Lipinski definition) is 6. The molecular weight excluding hydrogens is 168 g/mol. The number of rotatable bonds is 5. The molecule has 0 saturated carbocycles. The van der Waals surface area contributed by atoms with Crippen molar-refractivity contribution in [1.82, 2.24) is 0 Å².